The van der Waals surface area contributed by atoms with Gasteiger partial charge >= 0.3 is 6.03 Å². The zero-order valence-corrected chi connectivity index (χ0v) is 18.3. The number of thiazole rings is 1. The summed E-state index contributed by atoms with van der Waals surface area (Å²) >= 11 is 1.38. The van der Waals surface area contributed by atoms with Crippen molar-refractivity contribution in [3.63, 3.8) is 0 Å². The summed E-state index contributed by atoms with van der Waals surface area (Å²) in [5.74, 6) is 1.12. The number of benzene rings is 2. The number of carbonyl (C=O) groups is 2. The van der Waals surface area contributed by atoms with Crippen LogP contribution in [0.25, 0.3) is 10.2 Å². The molecule has 1 aromatic heterocycles. The molecule has 0 unspecified atom stereocenters. The molecule has 1 aliphatic heterocycles. The fourth-order valence-corrected chi connectivity index (χ4v) is 5.03. The first-order valence-corrected chi connectivity index (χ1v) is 11.5. The van der Waals surface area contributed by atoms with Gasteiger partial charge in [-0.05, 0) is 18.4 Å². The van der Waals surface area contributed by atoms with E-state index in [9.17, 15) is 9.59 Å². The summed E-state index contributed by atoms with van der Waals surface area (Å²) in [6, 6.07) is 13.0. The number of urea groups is 1. The van der Waals surface area contributed by atoms with Crippen LogP contribution in [0.5, 0.6) is 11.5 Å². The van der Waals surface area contributed by atoms with Crippen molar-refractivity contribution in [2.75, 3.05) is 18.5 Å². The van der Waals surface area contributed by atoms with Gasteiger partial charge in [-0.2, -0.15) is 0 Å². The number of nitrogens with one attached hydrogen (secondary N) is 3. The summed E-state index contributed by atoms with van der Waals surface area (Å²) in [4.78, 5) is 30.4. The van der Waals surface area contributed by atoms with Crippen LogP contribution in [0.15, 0.2) is 42.5 Å². The predicted octanol–water partition coefficient (Wildman–Crippen LogP) is 3.82. The Morgan fingerprint density at radius 3 is 2.50 bits per heavy atom. The van der Waals surface area contributed by atoms with E-state index in [4.69, 9.17) is 9.47 Å². The van der Waals surface area contributed by atoms with E-state index >= 15 is 0 Å². The van der Waals surface area contributed by atoms with Gasteiger partial charge in [-0.15, -0.1) is 0 Å². The monoisotopic (exact) mass is 452 g/mol. The molecule has 1 fully saturated rings. The Kier molecular flexibility index (Phi) is 5.57. The minimum absolute atomic E-state index is 0.235. The Morgan fingerprint density at radius 1 is 1.03 bits per heavy atom. The minimum atomic E-state index is -0.940. The second kappa shape index (κ2) is 8.66. The van der Waals surface area contributed by atoms with Gasteiger partial charge in [0.2, 0.25) is 0 Å². The number of hydrogen-bond acceptors (Lipinski definition) is 6. The largest absolute Gasteiger partial charge is 0.486 e. The topological polar surface area (TPSA) is 102 Å². The van der Waals surface area contributed by atoms with E-state index < -0.39 is 5.54 Å². The Hall–Kier alpha value is -3.33. The number of amides is 3. The summed E-state index contributed by atoms with van der Waals surface area (Å²) < 4.78 is 12.1. The highest BCUT2D eigenvalue weighted by molar-refractivity contribution is 7.22. The van der Waals surface area contributed by atoms with Gasteiger partial charge in [-0.25, -0.2) is 9.78 Å². The number of nitrogens with zero attached hydrogens (tertiary/aromatic N) is 1. The number of rotatable bonds is 5. The fraction of sp³-hybridized carbons (Fsp3) is 0.348. The van der Waals surface area contributed by atoms with E-state index in [1.54, 1.807) is 0 Å². The minimum Gasteiger partial charge on any atom is -0.486 e. The first-order chi connectivity index (χ1) is 15.6. The third-order valence-corrected chi connectivity index (χ3v) is 6.75. The van der Waals surface area contributed by atoms with Crippen LogP contribution < -0.4 is 25.4 Å². The molecule has 0 spiro atoms. The smallest absolute Gasteiger partial charge is 0.315 e. The number of carbonyl (C=O) groups excluding carboxylic acids is 2. The van der Waals surface area contributed by atoms with Gasteiger partial charge < -0.3 is 20.1 Å². The molecule has 0 atom stereocenters. The van der Waals surface area contributed by atoms with Crippen molar-refractivity contribution in [3.05, 3.63) is 48.0 Å². The summed E-state index contributed by atoms with van der Waals surface area (Å²) in [6.45, 7) is 1.42. The average Bonchev–Trinajstić information content (AvgIpc) is 3.43. The Morgan fingerprint density at radius 2 is 1.75 bits per heavy atom. The van der Waals surface area contributed by atoms with Gasteiger partial charge in [0, 0.05) is 18.7 Å². The van der Waals surface area contributed by atoms with Crippen molar-refractivity contribution in [2.24, 2.45) is 0 Å². The number of anilines is 1. The quantitative estimate of drug-likeness (QED) is 0.546. The summed E-state index contributed by atoms with van der Waals surface area (Å²) in [5, 5.41) is 9.21. The van der Waals surface area contributed by atoms with Crippen LogP contribution in [0, 0.1) is 0 Å². The lowest BCUT2D eigenvalue weighted by molar-refractivity contribution is -0.121. The molecule has 32 heavy (non-hydrogen) atoms. The number of hydrogen-bond donors (Lipinski definition) is 3. The Labute approximate surface area is 189 Å². The van der Waals surface area contributed by atoms with Gasteiger partial charge in [0.05, 0.1) is 10.2 Å². The van der Waals surface area contributed by atoms with E-state index in [0.29, 0.717) is 49.2 Å². The molecule has 2 heterocycles. The van der Waals surface area contributed by atoms with E-state index in [1.165, 1.54) is 11.3 Å². The van der Waals surface area contributed by atoms with Crippen LogP contribution in [-0.4, -0.2) is 35.7 Å². The van der Waals surface area contributed by atoms with Crippen molar-refractivity contribution >= 4 is 38.6 Å². The molecular weight excluding hydrogens is 428 g/mol. The molecule has 1 aliphatic carbocycles. The van der Waals surface area contributed by atoms with Crippen LogP contribution >= 0.6 is 11.3 Å². The summed E-state index contributed by atoms with van der Waals surface area (Å²) in [6.07, 6.45) is 2.96. The number of aromatic nitrogens is 1. The second-order valence-corrected chi connectivity index (χ2v) is 9.05. The predicted molar refractivity (Wildman–Crippen MR) is 122 cm³/mol. The van der Waals surface area contributed by atoms with Crippen LogP contribution in [0.1, 0.15) is 31.2 Å². The van der Waals surface area contributed by atoms with Gasteiger partial charge in [-0.3, -0.25) is 10.1 Å². The van der Waals surface area contributed by atoms with Crippen molar-refractivity contribution in [1.29, 1.82) is 0 Å². The zero-order chi connectivity index (χ0) is 22.0. The molecule has 0 saturated heterocycles. The molecule has 2 aliphatic rings. The van der Waals surface area contributed by atoms with Crippen molar-refractivity contribution in [1.82, 2.24) is 15.6 Å². The highest BCUT2D eigenvalue weighted by Crippen LogP contribution is 2.38. The molecule has 0 bridgehead atoms. The average molecular weight is 453 g/mol. The van der Waals surface area contributed by atoms with E-state index in [1.807, 2.05) is 42.5 Å². The number of fused-ring (bicyclic) bond motifs is 2. The van der Waals surface area contributed by atoms with E-state index in [0.717, 1.165) is 28.6 Å². The first kappa shape index (κ1) is 20.6. The van der Waals surface area contributed by atoms with Crippen molar-refractivity contribution in [2.45, 2.75) is 37.8 Å². The molecule has 0 radical (unpaired) electrons. The van der Waals surface area contributed by atoms with Gasteiger partial charge in [0.15, 0.2) is 16.6 Å². The Balaban J connectivity index is 1.28. The maximum Gasteiger partial charge on any atom is 0.315 e. The third-order valence-electron chi connectivity index (χ3n) is 5.81. The van der Waals surface area contributed by atoms with Crippen LogP contribution in [0.2, 0.25) is 0 Å². The molecule has 2 aromatic carbocycles. The maximum atomic E-state index is 13.2. The lowest BCUT2D eigenvalue weighted by Gasteiger charge is -2.28. The highest BCUT2D eigenvalue weighted by Gasteiger charge is 2.43. The fourth-order valence-electron chi connectivity index (χ4n) is 4.16. The second-order valence-electron chi connectivity index (χ2n) is 8.02. The number of ether oxygens (including phenoxy) is 2. The maximum absolute atomic E-state index is 13.2. The highest BCUT2D eigenvalue weighted by atomic mass is 32.1. The lowest BCUT2D eigenvalue weighted by atomic mass is 9.96. The molecule has 3 N–H and O–H groups in total. The normalized spacial score (nSPS) is 16.5. The molecule has 3 aromatic rings. The van der Waals surface area contributed by atoms with Crippen molar-refractivity contribution in [3.8, 4) is 11.5 Å². The molecule has 1 saturated carbocycles. The van der Waals surface area contributed by atoms with Crippen molar-refractivity contribution < 1.29 is 19.1 Å². The Bertz CT molecular complexity index is 1100. The van der Waals surface area contributed by atoms with Crippen LogP contribution in [-0.2, 0) is 11.3 Å². The molecular formula is C23H24N4O4S. The molecule has 3 amide bonds. The van der Waals surface area contributed by atoms with Crippen LogP contribution in [0.3, 0.4) is 0 Å². The summed E-state index contributed by atoms with van der Waals surface area (Å²) in [5.41, 5.74) is 0.797. The van der Waals surface area contributed by atoms with Gasteiger partial charge in [0.25, 0.3) is 5.91 Å². The molecule has 8 nitrogen and oxygen atoms in total. The first-order valence-electron chi connectivity index (χ1n) is 10.7. The van der Waals surface area contributed by atoms with Crippen LogP contribution in [0.4, 0.5) is 9.93 Å². The third kappa shape index (κ3) is 4.20. The standard InChI is InChI=1S/C23H24N4O4S/c28-20(26-22-25-16-12-17-18(13-19(16)32-22)31-11-10-30-17)23(8-4-5-9-23)27-21(29)24-14-15-6-2-1-3-7-15/h1-3,6-7,12-13H,4-5,8-11,14H2,(H2,24,27,29)(H,25,26,28). The lowest BCUT2D eigenvalue weighted by Crippen LogP contribution is -2.57. The molecule has 9 heteroatoms. The molecule has 166 valence electrons. The van der Waals surface area contributed by atoms with E-state index in [2.05, 4.69) is 20.9 Å². The molecule has 5 rings (SSSR count). The zero-order valence-electron chi connectivity index (χ0n) is 17.5. The van der Waals surface area contributed by atoms with Gasteiger partial charge in [0.1, 0.15) is 18.8 Å². The summed E-state index contributed by atoms with van der Waals surface area (Å²) in [7, 11) is 0. The van der Waals surface area contributed by atoms with E-state index in [-0.39, 0.29) is 11.9 Å². The van der Waals surface area contributed by atoms with Gasteiger partial charge in [-0.1, -0.05) is 54.5 Å². The SMILES string of the molecule is O=C(NCc1ccccc1)NC1(C(=O)Nc2nc3cc4c(cc3s2)OCCO4)CCCC1.